The molecule has 0 aliphatic heterocycles. The van der Waals surface area contributed by atoms with Gasteiger partial charge in [-0.1, -0.05) is 0 Å². The van der Waals surface area contributed by atoms with Crippen LogP contribution in [0.5, 0.6) is 5.75 Å². The lowest BCUT2D eigenvalue weighted by Gasteiger charge is -2.12. The van der Waals surface area contributed by atoms with Crippen molar-refractivity contribution in [3.05, 3.63) is 24.0 Å². The van der Waals surface area contributed by atoms with E-state index in [-0.39, 0.29) is 12.3 Å². The van der Waals surface area contributed by atoms with Crippen LogP contribution in [0.15, 0.2) is 18.2 Å². The van der Waals surface area contributed by atoms with Crippen LogP contribution in [0.4, 0.5) is 10.1 Å². The Balaban J connectivity index is 2.65. The maximum atomic E-state index is 12.9. The molecule has 0 atom stereocenters. The van der Waals surface area contributed by atoms with Crippen molar-refractivity contribution in [3.63, 3.8) is 0 Å². The monoisotopic (exact) mass is 275 g/mol. The quantitative estimate of drug-likeness (QED) is 0.863. The van der Waals surface area contributed by atoms with Crippen molar-refractivity contribution in [2.24, 2.45) is 0 Å². The highest BCUT2D eigenvalue weighted by Gasteiger charge is 2.15. The van der Waals surface area contributed by atoms with Gasteiger partial charge < -0.3 is 10.1 Å². The Morgan fingerprint density at radius 3 is 2.61 bits per heavy atom. The second kappa shape index (κ2) is 6.04. The van der Waals surface area contributed by atoms with E-state index in [1.807, 2.05) is 0 Å². The molecule has 0 amide bonds. The first kappa shape index (κ1) is 14.8. The molecule has 1 aromatic carbocycles. The standard InChI is InChI=1S/C12H18FNO3S/c1-9(2)18(15,16)7-6-14-11-5-4-10(13)8-12(11)17-3/h4-5,8-9,14H,6-7H2,1-3H3. The smallest absolute Gasteiger partial charge is 0.154 e. The summed E-state index contributed by atoms with van der Waals surface area (Å²) >= 11 is 0. The van der Waals surface area contributed by atoms with Crippen LogP contribution < -0.4 is 10.1 Å². The Morgan fingerprint density at radius 2 is 2.06 bits per heavy atom. The number of hydrogen-bond donors (Lipinski definition) is 1. The third kappa shape index (κ3) is 3.87. The molecule has 0 unspecified atom stereocenters. The van der Waals surface area contributed by atoms with E-state index in [1.165, 1.54) is 25.3 Å². The summed E-state index contributed by atoms with van der Waals surface area (Å²) in [6.45, 7) is 3.56. The second-order valence-electron chi connectivity index (χ2n) is 4.19. The molecule has 1 rings (SSSR count). The van der Waals surface area contributed by atoms with Crippen molar-refractivity contribution in [3.8, 4) is 5.75 Å². The molecule has 0 aliphatic carbocycles. The SMILES string of the molecule is COc1cc(F)ccc1NCCS(=O)(=O)C(C)C. The number of benzene rings is 1. The zero-order valence-electron chi connectivity index (χ0n) is 10.7. The van der Waals surface area contributed by atoms with Gasteiger partial charge in [-0.25, -0.2) is 12.8 Å². The Hall–Kier alpha value is -1.30. The zero-order valence-corrected chi connectivity index (χ0v) is 11.6. The van der Waals surface area contributed by atoms with Crippen molar-refractivity contribution in [2.45, 2.75) is 19.1 Å². The lowest BCUT2D eigenvalue weighted by molar-refractivity contribution is 0.413. The molecule has 1 aromatic rings. The fraction of sp³-hybridized carbons (Fsp3) is 0.500. The van der Waals surface area contributed by atoms with Gasteiger partial charge in [0.05, 0.1) is 23.8 Å². The van der Waals surface area contributed by atoms with Crippen molar-refractivity contribution in [2.75, 3.05) is 24.7 Å². The Kier molecular flexibility index (Phi) is 4.95. The van der Waals surface area contributed by atoms with Crippen LogP contribution in [0, 0.1) is 5.82 Å². The summed E-state index contributed by atoms with van der Waals surface area (Å²) in [5.41, 5.74) is 0.581. The molecule has 0 aliphatic rings. The summed E-state index contributed by atoms with van der Waals surface area (Å²) in [4.78, 5) is 0. The van der Waals surface area contributed by atoms with Crippen LogP contribution in [0.3, 0.4) is 0 Å². The number of rotatable bonds is 6. The average molecular weight is 275 g/mol. The summed E-state index contributed by atoms with van der Waals surface area (Å²) in [7, 11) is -1.64. The van der Waals surface area contributed by atoms with Crippen LogP contribution in [0.2, 0.25) is 0 Å². The highest BCUT2D eigenvalue weighted by atomic mass is 32.2. The van der Waals surface area contributed by atoms with Crippen molar-refractivity contribution in [1.29, 1.82) is 0 Å². The minimum Gasteiger partial charge on any atom is -0.494 e. The van der Waals surface area contributed by atoms with Crippen LogP contribution in [0.25, 0.3) is 0 Å². The molecule has 0 saturated carbocycles. The van der Waals surface area contributed by atoms with Gasteiger partial charge in [0.1, 0.15) is 11.6 Å². The molecule has 0 fully saturated rings. The number of anilines is 1. The van der Waals surface area contributed by atoms with Gasteiger partial charge in [0.15, 0.2) is 9.84 Å². The highest BCUT2D eigenvalue weighted by Crippen LogP contribution is 2.24. The predicted octanol–water partition coefficient (Wildman–Crippen LogP) is 2.07. The molecule has 0 saturated heterocycles. The van der Waals surface area contributed by atoms with Crippen LogP contribution >= 0.6 is 0 Å². The maximum absolute atomic E-state index is 12.9. The molecule has 18 heavy (non-hydrogen) atoms. The summed E-state index contributed by atoms with van der Waals surface area (Å²) in [5, 5.41) is 2.54. The third-order valence-corrected chi connectivity index (χ3v) is 4.79. The number of ether oxygens (including phenoxy) is 1. The lowest BCUT2D eigenvalue weighted by Crippen LogP contribution is -2.23. The average Bonchev–Trinajstić information content (AvgIpc) is 2.30. The van der Waals surface area contributed by atoms with Gasteiger partial charge in [-0.3, -0.25) is 0 Å². The first-order valence-electron chi connectivity index (χ1n) is 5.66. The van der Waals surface area contributed by atoms with Gasteiger partial charge in [-0.05, 0) is 26.0 Å². The molecular weight excluding hydrogens is 257 g/mol. The number of methoxy groups -OCH3 is 1. The molecule has 0 heterocycles. The first-order valence-corrected chi connectivity index (χ1v) is 7.37. The molecule has 1 N–H and O–H groups in total. The highest BCUT2D eigenvalue weighted by molar-refractivity contribution is 7.92. The fourth-order valence-electron chi connectivity index (χ4n) is 1.37. The lowest BCUT2D eigenvalue weighted by atomic mass is 10.3. The summed E-state index contributed by atoms with van der Waals surface area (Å²) < 4.78 is 41.1. The Bertz CT molecular complexity index is 500. The number of halogens is 1. The number of sulfone groups is 1. The molecular formula is C12H18FNO3S. The summed E-state index contributed by atoms with van der Waals surface area (Å²) in [5.74, 6) is -0.00489. The first-order chi connectivity index (χ1) is 8.36. The normalized spacial score (nSPS) is 11.6. The minimum atomic E-state index is -3.07. The number of hydrogen-bond acceptors (Lipinski definition) is 4. The number of nitrogens with one attached hydrogen (secondary N) is 1. The van der Waals surface area contributed by atoms with E-state index in [4.69, 9.17) is 4.74 Å². The fourth-order valence-corrected chi connectivity index (χ4v) is 2.23. The van der Waals surface area contributed by atoms with E-state index in [0.717, 1.165) is 0 Å². The largest absolute Gasteiger partial charge is 0.494 e. The third-order valence-electron chi connectivity index (χ3n) is 2.58. The van der Waals surface area contributed by atoms with E-state index in [1.54, 1.807) is 13.8 Å². The summed E-state index contributed by atoms with van der Waals surface area (Å²) in [6.07, 6.45) is 0. The topological polar surface area (TPSA) is 55.4 Å². The van der Waals surface area contributed by atoms with Gasteiger partial charge in [-0.2, -0.15) is 0 Å². The van der Waals surface area contributed by atoms with E-state index >= 15 is 0 Å². The molecule has 0 aromatic heterocycles. The molecule has 4 nitrogen and oxygen atoms in total. The molecule has 6 heteroatoms. The van der Waals surface area contributed by atoms with Crippen molar-refractivity contribution >= 4 is 15.5 Å². The van der Waals surface area contributed by atoms with Crippen LogP contribution in [-0.2, 0) is 9.84 Å². The summed E-state index contributed by atoms with van der Waals surface area (Å²) in [6, 6.07) is 4.07. The van der Waals surface area contributed by atoms with Gasteiger partial charge in [0, 0.05) is 12.6 Å². The van der Waals surface area contributed by atoms with E-state index in [9.17, 15) is 12.8 Å². The van der Waals surface area contributed by atoms with Gasteiger partial charge in [0.2, 0.25) is 0 Å². The zero-order chi connectivity index (χ0) is 13.8. The van der Waals surface area contributed by atoms with E-state index in [2.05, 4.69) is 5.32 Å². The van der Waals surface area contributed by atoms with Gasteiger partial charge >= 0.3 is 0 Å². The van der Waals surface area contributed by atoms with Crippen molar-refractivity contribution in [1.82, 2.24) is 0 Å². The maximum Gasteiger partial charge on any atom is 0.154 e. The van der Waals surface area contributed by atoms with Crippen molar-refractivity contribution < 1.29 is 17.5 Å². The molecule has 0 spiro atoms. The minimum absolute atomic E-state index is 0.0329. The van der Waals surface area contributed by atoms with E-state index in [0.29, 0.717) is 11.4 Å². The Morgan fingerprint density at radius 1 is 1.39 bits per heavy atom. The van der Waals surface area contributed by atoms with Crippen LogP contribution in [0.1, 0.15) is 13.8 Å². The van der Waals surface area contributed by atoms with Crippen LogP contribution in [-0.4, -0.2) is 33.1 Å². The Labute approximate surface area is 107 Å². The molecule has 102 valence electrons. The molecule has 0 bridgehead atoms. The van der Waals surface area contributed by atoms with Gasteiger partial charge in [-0.15, -0.1) is 0 Å². The molecule has 0 radical (unpaired) electrons. The predicted molar refractivity (Wildman–Crippen MR) is 70.4 cm³/mol. The second-order valence-corrected chi connectivity index (χ2v) is 6.86. The van der Waals surface area contributed by atoms with E-state index < -0.39 is 20.9 Å². The van der Waals surface area contributed by atoms with Gasteiger partial charge in [0.25, 0.3) is 0 Å².